The third kappa shape index (κ3) is 5.03. The molecule has 2 aromatic rings. The highest BCUT2D eigenvalue weighted by molar-refractivity contribution is 6.08. The zero-order valence-electron chi connectivity index (χ0n) is 13.0. The number of carbonyl (C=O) groups is 2. The van der Waals surface area contributed by atoms with E-state index < -0.39 is 0 Å². The van der Waals surface area contributed by atoms with Crippen LogP contribution in [-0.4, -0.2) is 26.0 Å². The third-order valence-electron chi connectivity index (χ3n) is 3.07. The smallest absolute Gasteiger partial charge is 0.233 e. The molecule has 0 aliphatic heterocycles. The van der Waals surface area contributed by atoms with Gasteiger partial charge in [-0.2, -0.15) is 0 Å². The molecule has 2 aromatic carbocycles. The van der Waals surface area contributed by atoms with Gasteiger partial charge in [0.2, 0.25) is 11.8 Å². The summed E-state index contributed by atoms with van der Waals surface area (Å²) in [5.74, 6) is 0.614. The minimum atomic E-state index is -0.388. The van der Waals surface area contributed by atoms with Crippen LogP contribution in [0.5, 0.6) is 11.5 Å². The molecule has 120 valence electrons. The summed E-state index contributed by atoms with van der Waals surface area (Å²) in [6.45, 7) is 0. The predicted octanol–water partition coefficient (Wildman–Crippen LogP) is 2.67. The molecule has 0 saturated heterocycles. The quantitative estimate of drug-likeness (QED) is 0.804. The molecule has 6 heteroatoms. The van der Waals surface area contributed by atoms with Crippen LogP contribution in [0.2, 0.25) is 0 Å². The Morgan fingerprint density at radius 1 is 0.739 bits per heavy atom. The first-order valence-electron chi connectivity index (χ1n) is 6.98. The van der Waals surface area contributed by atoms with Crippen LogP contribution in [0, 0.1) is 0 Å². The second-order valence-corrected chi connectivity index (χ2v) is 4.73. The molecule has 0 bridgehead atoms. The van der Waals surface area contributed by atoms with Crippen LogP contribution in [0.25, 0.3) is 0 Å². The lowest BCUT2D eigenvalue weighted by atomic mass is 10.2. The van der Waals surface area contributed by atoms with Gasteiger partial charge in [0.1, 0.15) is 17.9 Å². The van der Waals surface area contributed by atoms with Crippen LogP contribution in [-0.2, 0) is 9.59 Å². The van der Waals surface area contributed by atoms with Crippen molar-refractivity contribution < 1.29 is 19.1 Å². The van der Waals surface area contributed by atoms with Crippen molar-refractivity contribution in [3.8, 4) is 11.5 Å². The first-order chi connectivity index (χ1) is 11.1. The van der Waals surface area contributed by atoms with Crippen LogP contribution < -0.4 is 20.1 Å². The number of ether oxygens (including phenoxy) is 2. The zero-order chi connectivity index (χ0) is 16.7. The Hall–Kier alpha value is -3.02. The highest BCUT2D eigenvalue weighted by Gasteiger charge is 2.10. The molecule has 23 heavy (non-hydrogen) atoms. The second kappa shape index (κ2) is 7.84. The van der Waals surface area contributed by atoms with Crippen molar-refractivity contribution in [3.63, 3.8) is 0 Å². The van der Waals surface area contributed by atoms with E-state index in [1.54, 1.807) is 62.8 Å². The topological polar surface area (TPSA) is 76.7 Å². The standard InChI is InChI=1S/C17H18N2O4/c1-22-14-7-3-12(4-8-14)18-16(20)11-17(21)19-13-5-9-15(23-2)10-6-13/h3-10H,11H2,1-2H3,(H,18,20)(H,19,21). The van der Waals surface area contributed by atoms with Crippen molar-refractivity contribution in [1.29, 1.82) is 0 Å². The largest absolute Gasteiger partial charge is 0.497 e. The van der Waals surface area contributed by atoms with Crippen molar-refractivity contribution in [2.24, 2.45) is 0 Å². The van der Waals surface area contributed by atoms with Gasteiger partial charge in [0.15, 0.2) is 0 Å². The summed E-state index contributed by atoms with van der Waals surface area (Å²) in [5.41, 5.74) is 1.21. The van der Waals surface area contributed by atoms with E-state index in [2.05, 4.69) is 10.6 Å². The number of rotatable bonds is 6. The molecule has 2 rings (SSSR count). The molecule has 6 nitrogen and oxygen atoms in total. The number of benzene rings is 2. The van der Waals surface area contributed by atoms with E-state index in [9.17, 15) is 9.59 Å². The molecule has 0 unspecified atom stereocenters. The van der Waals surface area contributed by atoms with E-state index in [1.165, 1.54) is 0 Å². The lowest BCUT2D eigenvalue weighted by Gasteiger charge is -2.08. The summed E-state index contributed by atoms with van der Waals surface area (Å²) >= 11 is 0. The summed E-state index contributed by atoms with van der Waals surface area (Å²) in [6.07, 6.45) is -0.266. The Bertz CT molecular complexity index is 606. The van der Waals surface area contributed by atoms with Gasteiger partial charge < -0.3 is 20.1 Å². The summed E-state index contributed by atoms with van der Waals surface area (Å²) < 4.78 is 10.1. The van der Waals surface area contributed by atoms with Gasteiger partial charge >= 0.3 is 0 Å². The fraction of sp³-hybridized carbons (Fsp3) is 0.176. The Kier molecular flexibility index (Phi) is 5.57. The summed E-state index contributed by atoms with van der Waals surface area (Å²) in [5, 5.41) is 5.31. The monoisotopic (exact) mass is 314 g/mol. The summed E-state index contributed by atoms with van der Waals surface area (Å²) in [6, 6.07) is 13.7. The van der Waals surface area contributed by atoms with E-state index in [0.717, 1.165) is 0 Å². The average molecular weight is 314 g/mol. The molecule has 2 amide bonds. The molecule has 0 atom stereocenters. The van der Waals surface area contributed by atoms with E-state index in [-0.39, 0.29) is 18.2 Å². The number of carbonyl (C=O) groups excluding carboxylic acids is 2. The Balaban J connectivity index is 1.84. The first kappa shape index (κ1) is 16.4. The van der Waals surface area contributed by atoms with Gasteiger partial charge in [-0.25, -0.2) is 0 Å². The predicted molar refractivity (Wildman–Crippen MR) is 87.9 cm³/mol. The highest BCUT2D eigenvalue weighted by Crippen LogP contribution is 2.16. The lowest BCUT2D eigenvalue weighted by Crippen LogP contribution is -2.21. The normalized spacial score (nSPS) is 9.83. The van der Waals surface area contributed by atoms with Crippen LogP contribution in [0.15, 0.2) is 48.5 Å². The number of anilines is 2. The number of methoxy groups -OCH3 is 2. The highest BCUT2D eigenvalue weighted by atomic mass is 16.5. The van der Waals surface area contributed by atoms with E-state index >= 15 is 0 Å². The van der Waals surface area contributed by atoms with Crippen LogP contribution in [0.4, 0.5) is 11.4 Å². The third-order valence-corrected chi connectivity index (χ3v) is 3.07. The van der Waals surface area contributed by atoms with Gasteiger partial charge in [0.25, 0.3) is 0 Å². The molecule has 2 N–H and O–H groups in total. The number of nitrogens with one attached hydrogen (secondary N) is 2. The Labute approximate surface area is 134 Å². The molecule has 0 aliphatic rings. The summed E-state index contributed by atoms with van der Waals surface area (Å²) in [4.78, 5) is 23.7. The van der Waals surface area contributed by atoms with Crippen LogP contribution >= 0.6 is 0 Å². The van der Waals surface area contributed by atoms with Crippen molar-refractivity contribution in [2.75, 3.05) is 24.9 Å². The van der Waals surface area contributed by atoms with Gasteiger partial charge in [0.05, 0.1) is 14.2 Å². The van der Waals surface area contributed by atoms with Gasteiger partial charge in [-0.05, 0) is 48.5 Å². The SMILES string of the molecule is COc1ccc(NC(=O)CC(=O)Nc2ccc(OC)cc2)cc1. The maximum absolute atomic E-state index is 11.8. The fourth-order valence-corrected chi connectivity index (χ4v) is 1.90. The molecular formula is C17H18N2O4. The number of hydrogen-bond acceptors (Lipinski definition) is 4. The Morgan fingerprint density at radius 3 is 1.39 bits per heavy atom. The molecule has 0 fully saturated rings. The van der Waals surface area contributed by atoms with Gasteiger partial charge in [-0.3, -0.25) is 9.59 Å². The van der Waals surface area contributed by atoms with E-state index in [1.807, 2.05) is 0 Å². The van der Waals surface area contributed by atoms with Crippen LogP contribution in [0.1, 0.15) is 6.42 Å². The Morgan fingerprint density at radius 2 is 1.09 bits per heavy atom. The average Bonchev–Trinajstić information content (AvgIpc) is 2.56. The first-order valence-corrected chi connectivity index (χ1v) is 6.98. The lowest BCUT2D eigenvalue weighted by molar-refractivity contribution is -0.123. The fourth-order valence-electron chi connectivity index (χ4n) is 1.90. The molecule has 0 heterocycles. The zero-order valence-corrected chi connectivity index (χ0v) is 13.0. The minimum absolute atomic E-state index is 0.266. The minimum Gasteiger partial charge on any atom is -0.497 e. The maximum Gasteiger partial charge on any atom is 0.233 e. The van der Waals surface area contributed by atoms with Crippen LogP contribution in [0.3, 0.4) is 0 Å². The van der Waals surface area contributed by atoms with Gasteiger partial charge in [-0.1, -0.05) is 0 Å². The van der Waals surface area contributed by atoms with E-state index in [4.69, 9.17) is 9.47 Å². The molecule has 0 aliphatic carbocycles. The van der Waals surface area contributed by atoms with Gasteiger partial charge in [-0.15, -0.1) is 0 Å². The van der Waals surface area contributed by atoms with Crippen molar-refractivity contribution in [2.45, 2.75) is 6.42 Å². The molecule has 0 aromatic heterocycles. The number of hydrogen-bond donors (Lipinski definition) is 2. The summed E-state index contributed by atoms with van der Waals surface area (Å²) in [7, 11) is 3.13. The maximum atomic E-state index is 11.8. The number of amides is 2. The molecule has 0 spiro atoms. The second-order valence-electron chi connectivity index (χ2n) is 4.73. The van der Waals surface area contributed by atoms with Crippen molar-refractivity contribution in [1.82, 2.24) is 0 Å². The molecular weight excluding hydrogens is 296 g/mol. The molecule has 0 radical (unpaired) electrons. The van der Waals surface area contributed by atoms with Crippen molar-refractivity contribution >= 4 is 23.2 Å². The van der Waals surface area contributed by atoms with E-state index in [0.29, 0.717) is 22.9 Å². The van der Waals surface area contributed by atoms with Gasteiger partial charge in [0, 0.05) is 11.4 Å². The molecule has 0 saturated carbocycles. The van der Waals surface area contributed by atoms with Crippen molar-refractivity contribution in [3.05, 3.63) is 48.5 Å².